The Bertz CT molecular complexity index is 683. The number of hydrogen-bond acceptors (Lipinski definition) is 7. The fourth-order valence-electron chi connectivity index (χ4n) is 4.18. The van der Waals surface area contributed by atoms with E-state index in [2.05, 4.69) is 31.4 Å². The van der Waals surface area contributed by atoms with E-state index < -0.39 is 0 Å². The number of nitrogens with zero attached hydrogens (tertiary/aromatic N) is 3. The molecule has 0 atom stereocenters. The maximum Gasteiger partial charge on any atom is 0.151 e. The van der Waals surface area contributed by atoms with Gasteiger partial charge in [-0.15, -0.1) is 5.12 Å². The molecule has 0 amide bonds. The Labute approximate surface area is 195 Å². The number of methoxy groups -OCH3 is 3. The molecule has 1 aliphatic rings. The number of anilines is 1. The predicted molar refractivity (Wildman–Crippen MR) is 133 cm³/mol. The maximum atomic E-state index is 5.65. The summed E-state index contributed by atoms with van der Waals surface area (Å²) in [6.45, 7) is 6.74. The van der Waals surface area contributed by atoms with Gasteiger partial charge in [-0.25, -0.2) is 10.5 Å². The summed E-state index contributed by atoms with van der Waals surface area (Å²) in [5.41, 5.74) is 3.79. The number of nitrogens with one attached hydrogen (secondary N) is 1. The highest BCUT2D eigenvalue weighted by Crippen LogP contribution is 2.43. The first kappa shape index (κ1) is 26.1. The minimum atomic E-state index is -0.146. The first-order valence-corrected chi connectivity index (χ1v) is 12.2. The van der Waals surface area contributed by atoms with Crippen molar-refractivity contribution in [3.8, 4) is 17.2 Å². The van der Waals surface area contributed by atoms with Crippen molar-refractivity contribution in [2.24, 2.45) is 5.10 Å². The molecule has 1 aliphatic heterocycles. The van der Waals surface area contributed by atoms with Crippen molar-refractivity contribution in [3.63, 3.8) is 0 Å². The van der Waals surface area contributed by atoms with E-state index in [-0.39, 0.29) is 5.54 Å². The van der Waals surface area contributed by atoms with Crippen LogP contribution in [0.5, 0.6) is 17.2 Å². The summed E-state index contributed by atoms with van der Waals surface area (Å²) in [7, 11) is 4.93. The third-order valence-corrected chi connectivity index (χ3v) is 6.17. The summed E-state index contributed by atoms with van der Waals surface area (Å²) in [4.78, 5) is 0. The van der Waals surface area contributed by atoms with Gasteiger partial charge in [-0.3, -0.25) is 0 Å². The van der Waals surface area contributed by atoms with Gasteiger partial charge in [0.1, 0.15) is 17.8 Å². The molecule has 0 aromatic heterocycles. The van der Waals surface area contributed by atoms with Gasteiger partial charge in [-0.1, -0.05) is 71.1 Å². The SMILES string of the molecule is CCCCCCCCCCCCC(C)(C)N1NN=CN1c1c(OC)cc(OC)cc1OC. The molecular formula is C25H44N4O3. The number of rotatable bonds is 16. The molecular weight excluding hydrogens is 404 g/mol. The highest BCUT2D eigenvalue weighted by Gasteiger charge is 2.36. The second-order valence-corrected chi connectivity index (χ2v) is 9.13. The molecule has 0 saturated carbocycles. The van der Waals surface area contributed by atoms with Gasteiger partial charge in [0.2, 0.25) is 0 Å². The zero-order chi connectivity index (χ0) is 23.4. The molecule has 182 valence electrons. The molecule has 0 bridgehead atoms. The van der Waals surface area contributed by atoms with Crippen molar-refractivity contribution >= 4 is 12.0 Å². The zero-order valence-electron chi connectivity index (χ0n) is 21.1. The number of hydrazone groups is 1. The lowest BCUT2D eigenvalue weighted by Gasteiger charge is -2.40. The van der Waals surface area contributed by atoms with E-state index in [1.54, 1.807) is 27.7 Å². The van der Waals surface area contributed by atoms with Crippen LogP contribution >= 0.6 is 0 Å². The second kappa shape index (κ2) is 13.4. The zero-order valence-corrected chi connectivity index (χ0v) is 21.1. The summed E-state index contributed by atoms with van der Waals surface area (Å²) in [5.74, 6) is 2.01. The number of hydrogen-bond donors (Lipinski definition) is 1. The third-order valence-electron chi connectivity index (χ3n) is 6.17. The van der Waals surface area contributed by atoms with Crippen LogP contribution in [-0.4, -0.2) is 38.3 Å². The minimum Gasteiger partial charge on any atom is -0.496 e. The highest BCUT2D eigenvalue weighted by molar-refractivity contribution is 5.86. The molecule has 0 fully saturated rings. The normalized spacial score (nSPS) is 14.0. The van der Waals surface area contributed by atoms with Crippen LogP contribution in [0.3, 0.4) is 0 Å². The van der Waals surface area contributed by atoms with Gasteiger partial charge < -0.3 is 14.2 Å². The van der Waals surface area contributed by atoms with Gasteiger partial charge in [-0.05, 0) is 20.3 Å². The van der Waals surface area contributed by atoms with Crippen molar-refractivity contribution in [2.75, 3.05) is 26.3 Å². The van der Waals surface area contributed by atoms with Crippen LogP contribution in [0.15, 0.2) is 17.2 Å². The molecule has 1 aromatic rings. The summed E-state index contributed by atoms with van der Waals surface area (Å²) in [6, 6.07) is 3.72. The van der Waals surface area contributed by atoms with E-state index in [0.29, 0.717) is 17.2 Å². The Morgan fingerprint density at radius 1 is 0.812 bits per heavy atom. The summed E-state index contributed by atoms with van der Waals surface area (Å²) in [5, 5.41) is 8.33. The Balaban J connectivity index is 1.91. The van der Waals surface area contributed by atoms with Crippen LogP contribution in [0.2, 0.25) is 0 Å². The first-order valence-electron chi connectivity index (χ1n) is 12.2. The Morgan fingerprint density at radius 2 is 1.34 bits per heavy atom. The predicted octanol–water partition coefficient (Wildman–Crippen LogP) is 6.29. The molecule has 0 unspecified atom stereocenters. The quantitative estimate of drug-likeness (QED) is 0.300. The minimum absolute atomic E-state index is 0.146. The summed E-state index contributed by atoms with van der Waals surface area (Å²) < 4.78 is 16.7. The lowest BCUT2D eigenvalue weighted by Crippen LogP contribution is -2.56. The van der Waals surface area contributed by atoms with Crippen molar-refractivity contribution < 1.29 is 14.2 Å². The fourth-order valence-corrected chi connectivity index (χ4v) is 4.18. The Kier molecular flexibility index (Phi) is 10.9. The van der Waals surface area contributed by atoms with E-state index in [0.717, 1.165) is 12.1 Å². The van der Waals surface area contributed by atoms with Gasteiger partial charge in [0.25, 0.3) is 0 Å². The van der Waals surface area contributed by atoms with Gasteiger partial charge >= 0.3 is 0 Å². The van der Waals surface area contributed by atoms with Gasteiger partial charge in [-0.2, -0.15) is 5.10 Å². The average Bonchev–Trinajstić information content (AvgIpc) is 3.29. The molecule has 1 heterocycles. The highest BCUT2D eigenvalue weighted by atomic mass is 16.5. The van der Waals surface area contributed by atoms with E-state index in [1.807, 2.05) is 22.3 Å². The first-order chi connectivity index (χ1) is 15.5. The second-order valence-electron chi connectivity index (χ2n) is 9.13. The van der Waals surface area contributed by atoms with Gasteiger partial charge in [0, 0.05) is 12.1 Å². The molecule has 32 heavy (non-hydrogen) atoms. The van der Waals surface area contributed by atoms with E-state index >= 15 is 0 Å². The van der Waals surface area contributed by atoms with E-state index in [9.17, 15) is 0 Å². The van der Waals surface area contributed by atoms with Gasteiger partial charge in [0.05, 0.1) is 26.9 Å². The van der Waals surface area contributed by atoms with Crippen LogP contribution in [0, 0.1) is 0 Å². The number of unbranched alkanes of at least 4 members (excludes halogenated alkanes) is 9. The molecule has 7 nitrogen and oxygen atoms in total. The average molecular weight is 449 g/mol. The van der Waals surface area contributed by atoms with Gasteiger partial charge in [0.15, 0.2) is 11.5 Å². The van der Waals surface area contributed by atoms with Crippen LogP contribution in [0.1, 0.15) is 91.4 Å². The molecule has 1 aromatic carbocycles. The molecule has 2 rings (SSSR count). The molecule has 0 aliphatic carbocycles. The lowest BCUT2D eigenvalue weighted by atomic mass is 9.96. The van der Waals surface area contributed by atoms with Crippen molar-refractivity contribution in [1.82, 2.24) is 10.7 Å². The van der Waals surface area contributed by atoms with Crippen LogP contribution in [0.25, 0.3) is 0 Å². The van der Waals surface area contributed by atoms with Crippen LogP contribution in [-0.2, 0) is 0 Å². The summed E-state index contributed by atoms with van der Waals surface area (Å²) >= 11 is 0. The molecule has 1 N–H and O–H groups in total. The number of hydrazine groups is 2. The maximum absolute atomic E-state index is 5.65. The standard InChI is InChI=1S/C25H44N4O3/c1-7-8-9-10-11-12-13-14-15-16-17-25(2,3)29-27-26-20-28(29)24-22(31-5)18-21(30-4)19-23(24)32-6/h18-20,27H,7-17H2,1-6H3. The molecule has 0 radical (unpaired) electrons. The van der Waals surface area contributed by atoms with Crippen molar-refractivity contribution in [3.05, 3.63) is 12.1 Å². The largest absolute Gasteiger partial charge is 0.496 e. The molecule has 0 saturated heterocycles. The Morgan fingerprint density at radius 3 is 1.84 bits per heavy atom. The summed E-state index contributed by atoms with van der Waals surface area (Å²) in [6.07, 6.45) is 16.2. The topological polar surface area (TPSA) is 58.6 Å². The monoisotopic (exact) mass is 448 g/mol. The molecule has 7 heteroatoms. The Hall–Kier alpha value is -2.15. The van der Waals surface area contributed by atoms with E-state index in [4.69, 9.17) is 14.2 Å². The van der Waals surface area contributed by atoms with Crippen molar-refractivity contribution in [2.45, 2.75) is 96.9 Å². The smallest absolute Gasteiger partial charge is 0.151 e. The fraction of sp³-hybridized carbons (Fsp3) is 0.720. The molecule has 0 spiro atoms. The number of benzene rings is 1. The van der Waals surface area contributed by atoms with Crippen LogP contribution < -0.4 is 24.8 Å². The van der Waals surface area contributed by atoms with Crippen LogP contribution in [0.4, 0.5) is 5.69 Å². The third kappa shape index (κ3) is 7.19. The van der Waals surface area contributed by atoms with Crippen molar-refractivity contribution in [1.29, 1.82) is 0 Å². The number of ether oxygens (including phenoxy) is 3. The lowest BCUT2D eigenvalue weighted by molar-refractivity contribution is 0.0687. The van der Waals surface area contributed by atoms with E-state index in [1.165, 1.54) is 64.2 Å².